The Balaban J connectivity index is 2.41. The maximum absolute atomic E-state index is 10.7. The fraction of sp³-hybridized carbons (Fsp3) is 0.444. The first-order valence-electron chi connectivity index (χ1n) is 4.32. The smallest absolute Gasteiger partial charge is 0.346 e. The van der Waals surface area contributed by atoms with Crippen molar-refractivity contribution in [1.29, 1.82) is 0 Å². The summed E-state index contributed by atoms with van der Waals surface area (Å²) < 4.78 is 5.45. The predicted molar refractivity (Wildman–Crippen MR) is 54.6 cm³/mol. The van der Waals surface area contributed by atoms with Gasteiger partial charge in [0.25, 0.3) is 0 Å². The molecule has 0 amide bonds. The first-order chi connectivity index (χ1) is 6.59. The molecule has 76 valence electrons. The van der Waals surface area contributed by atoms with E-state index in [-0.39, 0.29) is 0 Å². The second-order valence-electron chi connectivity index (χ2n) is 3.36. The van der Waals surface area contributed by atoms with E-state index in [1.165, 1.54) is 11.3 Å². The summed E-state index contributed by atoms with van der Waals surface area (Å²) in [7, 11) is 1.95. The maximum atomic E-state index is 10.7. The van der Waals surface area contributed by atoms with Crippen molar-refractivity contribution in [2.24, 2.45) is 0 Å². The molecule has 1 N–H and O–H groups in total. The van der Waals surface area contributed by atoms with Crippen molar-refractivity contribution in [1.82, 2.24) is 0 Å². The van der Waals surface area contributed by atoms with Crippen LogP contribution in [-0.4, -0.2) is 30.8 Å². The number of thiophene rings is 1. The number of carbonyl (C=O) groups is 1. The standard InChI is InChI=1S/C9H11NO3S/c1-5-4-13-9-6(10(5)2)3-7(14-9)8(11)12/h3,5H,4H2,1-2H3,(H,11,12). The second kappa shape index (κ2) is 3.16. The topological polar surface area (TPSA) is 49.8 Å². The molecule has 5 heteroatoms. The molecule has 0 radical (unpaired) electrons. The Hall–Kier alpha value is -1.23. The van der Waals surface area contributed by atoms with Crippen LogP contribution in [0.3, 0.4) is 0 Å². The Morgan fingerprint density at radius 3 is 3.14 bits per heavy atom. The first kappa shape index (κ1) is 9.33. The van der Waals surface area contributed by atoms with Crippen molar-refractivity contribution >= 4 is 23.0 Å². The summed E-state index contributed by atoms with van der Waals surface area (Å²) in [6.07, 6.45) is 0. The number of rotatable bonds is 1. The van der Waals surface area contributed by atoms with Crippen LogP contribution in [0.15, 0.2) is 6.07 Å². The van der Waals surface area contributed by atoms with Gasteiger partial charge in [-0.3, -0.25) is 0 Å². The Labute approximate surface area is 85.7 Å². The summed E-state index contributed by atoms with van der Waals surface area (Å²) in [5.41, 5.74) is 0.881. The van der Waals surface area contributed by atoms with Crippen molar-refractivity contribution in [2.45, 2.75) is 13.0 Å². The van der Waals surface area contributed by atoms with Gasteiger partial charge >= 0.3 is 5.97 Å². The summed E-state index contributed by atoms with van der Waals surface area (Å²) in [6, 6.07) is 1.96. The van der Waals surface area contributed by atoms with Crippen LogP contribution in [0.1, 0.15) is 16.6 Å². The van der Waals surface area contributed by atoms with E-state index < -0.39 is 5.97 Å². The molecule has 4 nitrogen and oxygen atoms in total. The Morgan fingerprint density at radius 1 is 1.79 bits per heavy atom. The van der Waals surface area contributed by atoms with Crippen LogP contribution < -0.4 is 9.64 Å². The fourth-order valence-electron chi connectivity index (χ4n) is 1.36. The SMILES string of the molecule is CC1COc2sc(C(=O)O)cc2N1C. The number of likely N-dealkylation sites (N-methyl/N-ethyl adjacent to an activating group) is 1. The molecule has 0 aromatic carbocycles. The average molecular weight is 213 g/mol. The average Bonchev–Trinajstić information content (AvgIpc) is 2.56. The van der Waals surface area contributed by atoms with Gasteiger partial charge in [-0.1, -0.05) is 11.3 Å². The molecular weight excluding hydrogens is 202 g/mol. The monoisotopic (exact) mass is 213 g/mol. The number of carboxylic acid groups (broad SMARTS) is 1. The molecule has 0 fully saturated rings. The Kier molecular flexibility index (Phi) is 2.11. The van der Waals surface area contributed by atoms with Crippen LogP contribution in [0.5, 0.6) is 5.06 Å². The van der Waals surface area contributed by atoms with Gasteiger partial charge in [-0.05, 0) is 13.0 Å². The number of ether oxygens (including phenoxy) is 1. The van der Waals surface area contributed by atoms with Gasteiger partial charge in [-0.25, -0.2) is 4.79 Å². The molecular formula is C9H11NO3S. The third-order valence-corrected chi connectivity index (χ3v) is 3.41. The van der Waals surface area contributed by atoms with E-state index in [1.807, 2.05) is 18.9 Å². The van der Waals surface area contributed by atoms with Crippen molar-refractivity contribution in [3.8, 4) is 5.06 Å². The molecule has 0 saturated carbocycles. The minimum Gasteiger partial charge on any atom is -0.480 e. The van der Waals surface area contributed by atoms with E-state index in [1.54, 1.807) is 6.07 Å². The Morgan fingerprint density at radius 2 is 2.50 bits per heavy atom. The quantitative estimate of drug-likeness (QED) is 0.770. The van der Waals surface area contributed by atoms with Crippen LogP contribution >= 0.6 is 11.3 Å². The van der Waals surface area contributed by atoms with Crippen LogP contribution in [0.4, 0.5) is 5.69 Å². The minimum absolute atomic E-state index is 0.291. The van der Waals surface area contributed by atoms with E-state index in [2.05, 4.69) is 0 Å². The lowest BCUT2D eigenvalue weighted by Gasteiger charge is -2.31. The fourth-order valence-corrected chi connectivity index (χ4v) is 2.26. The van der Waals surface area contributed by atoms with Gasteiger partial charge in [-0.15, -0.1) is 0 Å². The number of hydrogen-bond donors (Lipinski definition) is 1. The van der Waals surface area contributed by atoms with Crippen LogP contribution in [0.25, 0.3) is 0 Å². The van der Waals surface area contributed by atoms with E-state index in [9.17, 15) is 4.79 Å². The molecule has 0 aliphatic carbocycles. The van der Waals surface area contributed by atoms with Gasteiger partial charge < -0.3 is 14.7 Å². The lowest BCUT2D eigenvalue weighted by molar-refractivity contribution is 0.0702. The zero-order valence-corrected chi connectivity index (χ0v) is 8.80. The minimum atomic E-state index is -0.894. The van der Waals surface area contributed by atoms with Crippen molar-refractivity contribution in [2.75, 3.05) is 18.6 Å². The highest BCUT2D eigenvalue weighted by molar-refractivity contribution is 7.16. The van der Waals surface area contributed by atoms with Gasteiger partial charge in [0, 0.05) is 7.05 Å². The summed E-state index contributed by atoms with van der Waals surface area (Å²) in [5.74, 6) is -0.894. The van der Waals surface area contributed by atoms with Gasteiger partial charge in [0.05, 0.1) is 11.7 Å². The largest absolute Gasteiger partial charge is 0.480 e. The Bertz CT molecular complexity index is 374. The normalized spacial score (nSPS) is 20.1. The summed E-state index contributed by atoms with van der Waals surface area (Å²) in [4.78, 5) is 13.1. The lowest BCUT2D eigenvalue weighted by Crippen LogP contribution is -2.37. The maximum Gasteiger partial charge on any atom is 0.346 e. The zero-order valence-electron chi connectivity index (χ0n) is 7.98. The third kappa shape index (κ3) is 1.33. The van der Waals surface area contributed by atoms with E-state index in [0.29, 0.717) is 22.6 Å². The second-order valence-corrected chi connectivity index (χ2v) is 4.37. The summed E-state index contributed by atoms with van der Waals surface area (Å²) in [5, 5.41) is 9.53. The third-order valence-electron chi connectivity index (χ3n) is 2.39. The number of aromatic carboxylic acids is 1. The molecule has 0 bridgehead atoms. The van der Waals surface area contributed by atoms with Gasteiger partial charge in [-0.2, -0.15) is 0 Å². The number of anilines is 1. The van der Waals surface area contributed by atoms with E-state index >= 15 is 0 Å². The van der Waals surface area contributed by atoms with Crippen LogP contribution in [0.2, 0.25) is 0 Å². The predicted octanol–water partition coefficient (Wildman–Crippen LogP) is 1.66. The summed E-state index contributed by atoms with van der Waals surface area (Å²) in [6.45, 7) is 2.66. The number of carboxylic acids is 1. The van der Waals surface area contributed by atoms with Gasteiger partial charge in [0.1, 0.15) is 11.5 Å². The van der Waals surface area contributed by atoms with Gasteiger partial charge in [0.2, 0.25) is 0 Å². The number of fused-ring (bicyclic) bond motifs is 1. The van der Waals surface area contributed by atoms with E-state index in [0.717, 1.165) is 5.69 Å². The van der Waals surface area contributed by atoms with Crippen molar-refractivity contribution in [3.05, 3.63) is 10.9 Å². The molecule has 2 rings (SSSR count). The molecule has 0 saturated heterocycles. The van der Waals surface area contributed by atoms with Crippen LogP contribution in [0, 0.1) is 0 Å². The molecule has 1 aromatic heterocycles. The number of nitrogens with zero attached hydrogens (tertiary/aromatic N) is 1. The molecule has 14 heavy (non-hydrogen) atoms. The molecule has 1 atom stereocenters. The molecule has 1 unspecified atom stereocenters. The highest BCUT2D eigenvalue weighted by atomic mass is 32.1. The lowest BCUT2D eigenvalue weighted by atomic mass is 10.2. The molecule has 1 aliphatic rings. The first-order valence-corrected chi connectivity index (χ1v) is 5.14. The molecule has 1 aromatic rings. The summed E-state index contributed by atoms with van der Waals surface area (Å²) >= 11 is 1.19. The van der Waals surface area contributed by atoms with Gasteiger partial charge in [0.15, 0.2) is 5.06 Å². The van der Waals surface area contributed by atoms with Crippen molar-refractivity contribution < 1.29 is 14.6 Å². The highest BCUT2D eigenvalue weighted by Crippen LogP contribution is 2.40. The van der Waals surface area contributed by atoms with Crippen LogP contribution in [-0.2, 0) is 0 Å². The zero-order chi connectivity index (χ0) is 10.3. The van der Waals surface area contributed by atoms with E-state index in [4.69, 9.17) is 9.84 Å². The number of hydrogen-bond acceptors (Lipinski definition) is 4. The molecule has 0 spiro atoms. The molecule has 2 heterocycles. The highest BCUT2D eigenvalue weighted by Gasteiger charge is 2.25. The van der Waals surface area contributed by atoms with Crippen molar-refractivity contribution in [3.63, 3.8) is 0 Å². The molecule has 1 aliphatic heterocycles.